The molecular formula is C14H14N2O2. The van der Waals surface area contributed by atoms with E-state index in [1.54, 1.807) is 20.0 Å². The second-order valence-corrected chi connectivity index (χ2v) is 4.18. The van der Waals surface area contributed by atoms with Crippen LogP contribution in [0.3, 0.4) is 0 Å². The van der Waals surface area contributed by atoms with E-state index < -0.39 is 0 Å². The smallest absolute Gasteiger partial charge is 0.205 e. The highest BCUT2D eigenvalue weighted by molar-refractivity contribution is 6.21. The summed E-state index contributed by atoms with van der Waals surface area (Å²) in [6.45, 7) is 3.77. The van der Waals surface area contributed by atoms with E-state index in [1.807, 2.05) is 18.2 Å². The van der Waals surface area contributed by atoms with E-state index in [-0.39, 0.29) is 11.6 Å². The van der Waals surface area contributed by atoms with Crippen molar-refractivity contribution < 1.29 is 9.59 Å². The largest absolute Gasteiger partial charge is 0.376 e. The SMILES string of the molecule is CC1=C(C)C(=O)C(NCc2ccccn2)=CC1=O. The maximum atomic E-state index is 11.9. The van der Waals surface area contributed by atoms with Gasteiger partial charge in [-0.25, -0.2) is 0 Å². The van der Waals surface area contributed by atoms with Crippen molar-refractivity contribution in [1.29, 1.82) is 0 Å². The maximum absolute atomic E-state index is 11.9. The Morgan fingerprint density at radius 3 is 2.61 bits per heavy atom. The molecule has 0 atom stereocenters. The van der Waals surface area contributed by atoms with Crippen molar-refractivity contribution in [2.45, 2.75) is 20.4 Å². The van der Waals surface area contributed by atoms with E-state index in [9.17, 15) is 9.59 Å². The van der Waals surface area contributed by atoms with Gasteiger partial charge in [-0.05, 0) is 26.0 Å². The number of nitrogens with zero attached hydrogens (tertiary/aromatic N) is 1. The number of aromatic nitrogens is 1. The second kappa shape index (κ2) is 4.96. The molecule has 0 radical (unpaired) electrons. The first-order chi connectivity index (χ1) is 8.59. The van der Waals surface area contributed by atoms with Crippen LogP contribution < -0.4 is 5.32 Å². The predicted molar refractivity (Wildman–Crippen MR) is 67.5 cm³/mol. The Morgan fingerprint density at radius 2 is 1.94 bits per heavy atom. The van der Waals surface area contributed by atoms with Crippen LogP contribution in [0.25, 0.3) is 0 Å². The van der Waals surface area contributed by atoms with Gasteiger partial charge in [0.1, 0.15) is 0 Å². The highest BCUT2D eigenvalue weighted by Gasteiger charge is 2.22. The number of rotatable bonds is 3. The molecule has 4 heteroatoms. The fourth-order valence-corrected chi connectivity index (χ4v) is 1.68. The van der Waals surface area contributed by atoms with Crippen LogP contribution in [0.4, 0.5) is 0 Å². The zero-order valence-electron chi connectivity index (χ0n) is 10.4. The number of Topliss-reactive ketones (excluding diaryl/α,β-unsaturated/α-hetero) is 1. The van der Waals surface area contributed by atoms with Crippen LogP contribution >= 0.6 is 0 Å². The minimum atomic E-state index is -0.122. The summed E-state index contributed by atoms with van der Waals surface area (Å²) in [4.78, 5) is 27.7. The van der Waals surface area contributed by atoms with Gasteiger partial charge in [0.2, 0.25) is 5.78 Å². The van der Waals surface area contributed by atoms with Gasteiger partial charge in [-0.3, -0.25) is 14.6 Å². The van der Waals surface area contributed by atoms with Crippen LogP contribution in [-0.4, -0.2) is 16.6 Å². The van der Waals surface area contributed by atoms with Crippen LogP contribution in [0.2, 0.25) is 0 Å². The van der Waals surface area contributed by atoms with Crippen molar-refractivity contribution in [3.8, 4) is 0 Å². The quantitative estimate of drug-likeness (QED) is 0.817. The minimum absolute atomic E-state index is 0.115. The first-order valence-corrected chi connectivity index (χ1v) is 5.71. The topological polar surface area (TPSA) is 59.1 Å². The summed E-state index contributed by atoms with van der Waals surface area (Å²) < 4.78 is 0. The van der Waals surface area contributed by atoms with Gasteiger partial charge in [0.05, 0.1) is 17.9 Å². The standard InChI is InChI=1S/C14H14N2O2/c1-9-10(2)14(18)12(7-13(9)17)16-8-11-5-3-4-6-15-11/h3-7,16H,8H2,1-2H3. The van der Waals surface area contributed by atoms with E-state index in [2.05, 4.69) is 10.3 Å². The number of carbonyl (C=O) groups excluding carboxylic acids is 2. The van der Waals surface area contributed by atoms with Crippen molar-refractivity contribution in [1.82, 2.24) is 10.3 Å². The number of carbonyl (C=O) groups is 2. The Morgan fingerprint density at radius 1 is 1.17 bits per heavy atom. The molecule has 0 amide bonds. The summed E-state index contributed by atoms with van der Waals surface area (Å²) in [5, 5.41) is 2.96. The van der Waals surface area contributed by atoms with Crippen LogP contribution in [0.5, 0.6) is 0 Å². The molecule has 0 aromatic carbocycles. The van der Waals surface area contributed by atoms with E-state index in [0.29, 0.717) is 23.4 Å². The summed E-state index contributed by atoms with van der Waals surface area (Å²) >= 11 is 0. The second-order valence-electron chi connectivity index (χ2n) is 4.18. The lowest BCUT2D eigenvalue weighted by Gasteiger charge is -2.15. The molecule has 0 unspecified atom stereocenters. The number of hydrogen-bond acceptors (Lipinski definition) is 4. The van der Waals surface area contributed by atoms with E-state index >= 15 is 0 Å². The Bertz CT molecular complexity index is 556. The minimum Gasteiger partial charge on any atom is -0.376 e. The number of nitrogens with one attached hydrogen (secondary N) is 1. The number of pyridine rings is 1. The first-order valence-electron chi connectivity index (χ1n) is 5.71. The van der Waals surface area contributed by atoms with Gasteiger partial charge < -0.3 is 5.32 Å². The molecule has 18 heavy (non-hydrogen) atoms. The van der Waals surface area contributed by atoms with Crippen molar-refractivity contribution in [3.05, 3.63) is 53.0 Å². The van der Waals surface area contributed by atoms with Gasteiger partial charge in [0.25, 0.3) is 0 Å². The Labute approximate surface area is 105 Å². The number of allylic oxidation sites excluding steroid dienone is 3. The molecule has 1 aliphatic carbocycles. The molecule has 1 N–H and O–H groups in total. The molecule has 4 nitrogen and oxygen atoms in total. The normalized spacial score (nSPS) is 15.8. The Hall–Kier alpha value is -2.23. The van der Waals surface area contributed by atoms with E-state index in [0.717, 1.165) is 5.69 Å². The summed E-state index contributed by atoms with van der Waals surface area (Å²) in [6.07, 6.45) is 3.04. The molecule has 2 rings (SSSR count). The number of ketones is 2. The lowest BCUT2D eigenvalue weighted by molar-refractivity contribution is -0.116. The average Bonchev–Trinajstić information content (AvgIpc) is 2.40. The third-order valence-electron chi connectivity index (χ3n) is 2.98. The maximum Gasteiger partial charge on any atom is 0.205 e. The molecule has 0 bridgehead atoms. The highest BCUT2D eigenvalue weighted by atomic mass is 16.1. The van der Waals surface area contributed by atoms with E-state index in [4.69, 9.17) is 0 Å². The van der Waals surface area contributed by atoms with Gasteiger partial charge >= 0.3 is 0 Å². The van der Waals surface area contributed by atoms with Crippen LogP contribution in [0.1, 0.15) is 19.5 Å². The molecule has 1 aromatic rings. The predicted octanol–water partition coefficient (Wildman–Crippen LogP) is 1.54. The molecule has 1 aliphatic rings. The van der Waals surface area contributed by atoms with Crippen molar-refractivity contribution in [2.75, 3.05) is 0 Å². The van der Waals surface area contributed by atoms with Gasteiger partial charge in [0.15, 0.2) is 5.78 Å². The molecule has 92 valence electrons. The molecule has 0 saturated carbocycles. The van der Waals surface area contributed by atoms with Crippen LogP contribution in [-0.2, 0) is 16.1 Å². The summed E-state index contributed by atoms with van der Waals surface area (Å²) in [6, 6.07) is 5.56. The molecule has 0 saturated heterocycles. The van der Waals surface area contributed by atoms with Gasteiger partial charge in [-0.1, -0.05) is 6.07 Å². The monoisotopic (exact) mass is 242 g/mol. The van der Waals surface area contributed by atoms with Crippen LogP contribution in [0.15, 0.2) is 47.3 Å². The van der Waals surface area contributed by atoms with Crippen LogP contribution in [0, 0.1) is 0 Å². The average molecular weight is 242 g/mol. The summed E-state index contributed by atoms with van der Waals surface area (Å²) in [5.41, 5.74) is 2.19. The van der Waals surface area contributed by atoms with Crippen molar-refractivity contribution in [2.24, 2.45) is 0 Å². The fourth-order valence-electron chi connectivity index (χ4n) is 1.68. The third-order valence-corrected chi connectivity index (χ3v) is 2.98. The van der Waals surface area contributed by atoms with Crippen molar-refractivity contribution >= 4 is 11.6 Å². The number of hydrogen-bond donors (Lipinski definition) is 1. The Kier molecular flexibility index (Phi) is 3.37. The molecule has 1 heterocycles. The van der Waals surface area contributed by atoms with E-state index in [1.165, 1.54) is 6.08 Å². The molecular weight excluding hydrogens is 228 g/mol. The molecule has 1 aromatic heterocycles. The zero-order valence-corrected chi connectivity index (χ0v) is 10.4. The Balaban J connectivity index is 2.10. The van der Waals surface area contributed by atoms with Gasteiger partial charge in [-0.15, -0.1) is 0 Å². The molecule has 0 aliphatic heterocycles. The highest BCUT2D eigenvalue weighted by Crippen LogP contribution is 2.17. The van der Waals surface area contributed by atoms with Gasteiger partial charge in [-0.2, -0.15) is 0 Å². The molecule has 0 spiro atoms. The lowest BCUT2D eigenvalue weighted by Crippen LogP contribution is -2.26. The third kappa shape index (κ3) is 2.37. The lowest BCUT2D eigenvalue weighted by atomic mass is 9.95. The summed E-state index contributed by atoms with van der Waals surface area (Å²) in [5.74, 6) is -0.237. The first kappa shape index (κ1) is 12.2. The summed E-state index contributed by atoms with van der Waals surface area (Å²) in [7, 11) is 0. The molecule has 0 fully saturated rings. The zero-order chi connectivity index (χ0) is 13.1. The fraction of sp³-hybridized carbons (Fsp3) is 0.214. The van der Waals surface area contributed by atoms with Crippen molar-refractivity contribution in [3.63, 3.8) is 0 Å². The van der Waals surface area contributed by atoms with Gasteiger partial charge in [0, 0.05) is 23.4 Å².